The normalized spacial score (nSPS) is 10.7. The first-order chi connectivity index (χ1) is 10.1. The molecule has 0 radical (unpaired) electrons. The summed E-state index contributed by atoms with van der Waals surface area (Å²) in [5.74, 6) is 0.968. The number of aryl methyl sites for hydroxylation is 2. The summed E-state index contributed by atoms with van der Waals surface area (Å²) in [7, 11) is 0. The molecule has 0 heterocycles. The van der Waals surface area contributed by atoms with Crippen molar-refractivity contribution in [1.82, 2.24) is 5.32 Å². The average Bonchev–Trinajstić information content (AvgIpc) is 2.44. The molecule has 0 aromatic heterocycles. The Labute approximate surface area is 132 Å². The van der Waals surface area contributed by atoms with Gasteiger partial charge in [-0.2, -0.15) is 0 Å². The molecule has 0 spiro atoms. The maximum atomic E-state index is 6.00. The first kappa shape index (κ1) is 15.9. The van der Waals surface area contributed by atoms with Gasteiger partial charge in [0, 0.05) is 11.6 Å². The summed E-state index contributed by atoms with van der Waals surface area (Å²) < 4.78 is 5.99. The third kappa shape index (κ3) is 4.48. The van der Waals surface area contributed by atoms with Crippen LogP contribution >= 0.6 is 11.6 Å². The Morgan fingerprint density at radius 2 is 1.76 bits per heavy atom. The van der Waals surface area contributed by atoms with Crippen molar-refractivity contribution >= 4 is 11.6 Å². The SMILES string of the molecule is CCNCc1cc(C)c(OCc2cccc(Cl)c2)c(C)c1. The smallest absolute Gasteiger partial charge is 0.125 e. The molecule has 112 valence electrons. The van der Waals surface area contributed by atoms with Crippen LogP contribution in [0.25, 0.3) is 0 Å². The molecule has 0 saturated carbocycles. The van der Waals surface area contributed by atoms with Gasteiger partial charge < -0.3 is 10.1 Å². The van der Waals surface area contributed by atoms with Gasteiger partial charge in [0.1, 0.15) is 12.4 Å². The van der Waals surface area contributed by atoms with E-state index in [2.05, 4.69) is 38.2 Å². The third-order valence-corrected chi connectivity index (χ3v) is 3.61. The number of hydrogen-bond donors (Lipinski definition) is 1. The van der Waals surface area contributed by atoms with Crippen LogP contribution in [0.3, 0.4) is 0 Å². The molecule has 21 heavy (non-hydrogen) atoms. The maximum absolute atomic E-state index is 6.00. The van der Waals surface area contributed by atoms with Crippen LogP contribution in [0.2, 0.25) is 5.02 Å². The fourth-order valence-corrected chi connectivity index (χ4v) is 2.63. The number of nitrogens with one attached hydrogen (secondary N) is 1. The number of rotatable bonds is 6. The van der Waals surface area contributed by atoms with Crippen LogP contribution in [0.4, 0.5) is 0 Å². The van der Waals surface area contributed by atoms with Crippen molar-refractivity contribution in [3.8, 4) is 5.75 Å². The highest BCUT2D eigenvalue weighted by Crippen LogP contribution is 2.26. The Morgan fingerprint density at radius 1 is 1.05 bits per heavy atom. The first-order valence-corrected chi connectivity index (χ1v) is 7.66. The third-order valence-electron chi connectivity index (χ3n) is 3.37. The van der Waals surface area contributed by atoms with Gasteiger partial charge in [-0.25, -0.2) is 0 Å². The van der Waals surface area contributed by atoms with Crippen LogP contribution in [-0.2, 0) is 13.2 Å². The Kier molecular flexibility index (Phi) is 5.66. The first-order valence-electron chi connectivity index (χ1n) is 7.28. The van der Waals surface area contributed by atoms with Gasteiger partial charge in [-0.05, 0) is 54.8 Å². The van der Waals surface area contributed by atoms with E-state index in [9.17, 15) is 0 Å². The van der Waals surface area contributed by atoms with E-state index in [4.69, 9.17) is 16.3 Å². The zero-order valence-corrected chi connectivity index (χ0v) is 13.6. The lowest BCUT2D eigenvalue weighted by Crippen LogP contribution is -2.12. The highest BCUT2D eigenvalue weighted by molar-refractivity contribution is 6.30. The summed E-state index contributed by atoms with van der Waals surface area (Å²) in [4.78, 5) is 0. The predicted molar refractivity (Wildman–Crippen MR) is 89.1 cm³/mol. The lowest BCUT2D eigenvalue weighted by Gasteiger charge is -2.14. The molecule has 0 aliphatic heterocycles. The number of halogens is 1. The Hall–Kier alpha value is -1.51. The van der Waals surface area contributed by atoms with Gasteiger partial charge in [0.15, 0.2) is 0 Å². The van der Waals surface area contributed by atoms with Crippen LogP contribution in [0.1, 0.15) is 29.2 Å². The highest BCUT2D eigenvalue weighted by atomic mass is 35.5. The molecule has 0 bridgehead atoms. The second-order valence-electron chi connectivity index (χ2n) is 5.26. The zero-order chi connectivity index (χ0) is 15.2. The van der Waals surface area contributed by atoms with Gasteiger partial charge in [-0.15, -0.1) is 0 Å². The van der Waals surface area contributed by atoms with E-state index in [0.29, 0.717) is 6.61 Å². The van der Waals surface area contributed by atoms with E-state index in [1.54, 1.807) is 0 Å². The number of hydrogen-bond acceptors (Lipinski definition) is 2. The second kappa shape index (κ2) is 7.48. The summed E-state index contributed by atoms with van der Waals surface area (Å²) >= 11 is 6.00. The highest BCUT2D eigenvalue weighted by Gasteiger charge is 2.07. The van der Waals surface area contributed by atoms with Gasteiger partial charge in [0.25, 0.3) is 0 Å². The van der Waals surface area contributed by atoms with Crippen molar-refractivity contribution in [2.75, 3.05) is 6.54 Å². The van der Waals surface area contributed by atoms with Crippen molar-refractivity contribution in [3.63, 3.8) is 0 Å². The standard InChI is InChI=1S/C18H22ClNO/c1-4-20-11-16-8-13(2)18(14(3)9-16)21-12-15-6-5-7-17(19)10-15/h5-10,20H,4,11-12H2,1-3H3. The monoisotopic (exact) mass is 303 g/mol. The molecule has 0 saturated heterocycles. The van der Waals surface area contributed by atoms with Gasteiger partial charge >= 0.3 is 0 Å². The molecule has 0 aliphatic carbocycles. The quantitative estimate of drug-likeness (QED) is 0.839. The van der Waals surface area contributed by atoms with Gasteiger partial charge in [-0.3, -0.25) is 0 Å². The van der Waals surface area contributed by atoms with Gasteiger partial charge in [-0.1, -0.05) is 42.8 Å². The maximum Gasteiger partial charge on any atom is 0.125 e. The molecule has 3 heteroatoms. The topological polar surface area (TPSA) is 21.3 Å². The summed E-state index contributed by atoms with van der Waals surface area (Å²) in [6, 6.07) is 12.1. The largest absolute Gasteiger partial charge is 0.488 e. The molecule has 0 fully saturated rings. The molecule has 2 rings (SSSR count). The van der Waals surface area contributed by atoms with E-state index in [0.717, 1.165) is 29.4 Å². The van der Waals surface area contributed by atoms with Crippen LogP contribution in [0.15, 0.2) is 36.4 Å². The van der Waals surface area contributed by atoms with E-state index < -0.39 is 0 Å². The minimum atomic E-state index is 0.537. The van der Waals surface area contributed by atoms with Gasteiger partial charge in [0.2, 0.25) is 0 Å². The van der Waals surface area contributed by atoms with E-state index in [1.165, 1.54) is 16.7 Å². The Bertz CT molecular complexity index is 587. The van der Waals surface area contributed by atoms with Gasteiger partial charge in [0.05, 0.1) is 0 Å². The van der Waals surface area contributed by atoms with Crippen molar-refractivity contribution in [1.29, 1.82) is 0 Å². The minimum absolute atomic E-state index is 0.537. The summed E-state index contributed by atoms with van der Waals surface area (Å²) in [5.41, 5.74) is 4.72. The molecule has 2 aromatic carbocycles. The summed E-state index contributed by atoms with van der Waals surface area (Å²) in [6.07, 6.45) is 0. The Balaban J connectivity index is 2.09. The van der Waals surface area contributed by atoms with E-state index in [-0.39, 0.29) is 0 Å². The lowest BCUT2D eigenvalue weighted by atomic mass is 10.1. The molecule has 0 atom stereocenters. The molecule has 2 aromatic rings. The minimum Gasteiger partial charge on any atom is -0.488 e. The summed E-state index contributed by atoms with van der Waals surface area (Å²) in [5, 5.41) is 4.09. The van der Waals surface area contributed by atoms with E-state index >= 15 is 0 Å². The number of ether oxygens (including phenoxy) is 1. The summed E-state index contributed by atoms with van der Waals surface area (Å²) in [6.45, 7) is 8.71. The van der Waals surface area contributed by atoms with Crippen molar-refractivity contribution in [3.05, 3.63) is 63.7 Å². The lowest BCUT2D eigenvalue weighted by molar-refractivity contribution is 0.302. The van der Waals surface area contributed by atoms with E-state index in [1.807, 2.05) is 24.3 Å². The molecule has 0 aliphatic rings. The molecule has 2 nitrogen and oxygen atoms in total. The number of benzene rings is 2. The second-order valence-corrected chi connectivity index (χ2v) is 5.69. The Morgan fingerprint density at radius 3 is 2.38 bits per heavy atom. The van der Waals surface area contributed by atoms with Crippen LogP contribution in [0.5, 0.6) is 5.75 Å². The zero-order valence-electron chi connectivity index (χ0n) is 12.9. The molecular formula is C18H22ClNO. The molecule has 0 amide bonds. The fourth-order valence-electron chi connectivity index (χ4n) is 2.42. The van der Waals surface area contributed by atoms with Crippen molar-refractivity contribution in [2.45, 2.75) is 33.9 Å². The van der Waals surface area contributed by atoms with Crippen LogP contribution in [-0.4, -0.2) is 6.54 Å². The van der Waals surface area contributed by atoms with Crippen LogP contribution < -0.4 is 10.1 Å². The molecule has 1 N–H and O–H groups in total. The van der Waals surface area contributed by atoms with Crippen molar-refractivity contribution in [2.24, 2.45) is 0 Å². The predicted octanol–water partition coefficient (Wildman–Crippen LogP) is 4.65. The molecule has 0 unspecified atom stereocenters. The van der Waals surface area contributed by atoms with Crippen molar-refractivity contribution < 1.29 is 4.74 Å². The average molecular weight is 304 g/mol. The van der Waals surface area contributed by atoms with Crippen LogP contribution in [0, 0.1) is 13.8 Å². The fraction of sp³-hybridized carbons (Fsp3) is 0.333. The molecular weight excluding hydrogens is 282 g/mol.